The summed E-state index contributed by atoms with van der Waals surface area (Å²) in [6.45, 7) is 14.9. The van der Waals surface area contributed by atoms with Crippen molar-refractivity contribution in [2.24, 2.45) is 0 Å². The SMILES string of the molecule is CCNC(c1ccc(C)c(C)c1)C(C)(C)N1CCCCC1. The first-order valence-corrected chi connectivity index (χ1v) is 8.52. The molecule has 2 heteroatoms. The van der Waals surface area contributed by atoms with E-state index in [0.29, 0.717) is 6.04 Å². The van der Waals surface area contributed by atoms with Crippen LogP contribution in [0, 0.1) is 13.8 Å². The molecule has 0 bridgehead atoms. The summed E-state index contributed by atoms with van der Waals surface area (Å²) in [6, 6.07) is 7.33. The number of aryl methyl sites for hydroxylation is 2. The Morgan fingerprint density at radius 3 is 2.33 bits per heavy atom. The second-order valence-electron chi connectivity index (χ2n) is 7.04. The minimum Gasteiger partial charge on any atom is -0.309 e. The van der Waals surface area contributed by atoms with Gasteiger partial charge in [0.05, 0.1) is 6.04 Å². The van der Waals surface area contributed by atoms with Gasteiger partial charge < -0.3 is 5.32 Å². The monoisotopic (exact) mass is 288 g/mol. The van der Waals surface area contributed by atoms with E-state index in [1.54, 1.807) is 0 Å². The lowest BCUT2D eigenvalue weighted by Gasteiger charge is -2.46. The molecule has 118 valence electrons. The molecule has 2 rings (SSSR count). The molecular weight excluding hydrogens is 256 g/mol. The fourth-order valence-electron chi connectivity index (χ4n) is 3.58. The normalized spacial score (nSPS) is 18.7. The van der Waals surface area contributed by atoms with Gasteiger partial charge in [-0.05, 0) is 76.9 Å². The molecule has 0 aromatic heterocycles. The molecule has 1 atom stereocenters. The Morgan fingerprint density at radius 1 is 1.10 bits per heavy atom. The number of likely N-dealkylation sites (N-methyl/N-ethyl adjacent to an activating group) is 1. The molecule has 1 saturated heterocycles. The molecule has 1 aromatic rings. The highest BCUT2D eigenvalue weighted by Gasteiger charge is 2.36. The molecule has 1 N–H and O–H groups in total. The lowest BCUT2D eigenvalue weighted by molar-refractivity contribution is 0.0613. The van der Waals surface area contributed by atoms with E-state index < -0.39 is 0 Å². The summed E-state index contributed by atoms with van der Waals surface area (Å²) in [5.74, 6) is 0. The van der Waals surface area contributed by atoms with E-state index in [0.717, 1.165) is 6.54 Å². The van der Waals surface area contributed by atoms with E-state index in [2.05, 4.69) is 63.0 Å². The molecule has 1 aliphatic heterocycles. The van der Waals surface area contributed by atoms with Gasteiger partial charge in [0.1, 0.15) is 0 Å². The molecule has 1 unspecified atom stereocenters. The smallest absolute Gasteiger partial charge is 0.0501 e. The first kappa shape index (κ1) is 16.5. The molecule has 1 aromatic carbocycles. The summed E-state index contributed by atoms with van der Waals surface area (Å²) in [7, 11) is 0. The lowest BCUT2D eigenvalue weighted by atomic mass is 9.84. The van der Waals surface area contributed by atoms with E-state index in [1.165, 1.54) is 49.0 Å². The van der Waals surface area contributed by atoms with Crippen molar-refractivity contribution in [1.82, 2.24) is 10.2 Å². The molecule has 21 heavy (non-hydrogen) atoms. The highest BCUT2D eigenvalue weighted by molar-refractivity contribution is 5.33. The number of rotatable bonds is 5. The first-order valence-electron chi connectivity index (χ1n) is 8.52. The second kappa shape index (κ2) is 6.93. The summed E-state index contributed by atoms with van der Waals surface area (Å²) >= 11 is 0. The number of nitrogens with zero attached hydrogens (tertiary/aromatic N) is 1. The zero-order valence-corrected chi connectivity index (χ0v) is 14.5. The van der Waals surface area contributed by atoms with E-state index in [-0.39, 0.29) is 5.54 Å². The van der Waals surface area contributed by atoms with Crippen molar-refractivity contribution in [3.8, 4) is 0 Å². The van der Waals surface area contributed by atoms with Crippen LogP contribution in [0.1, 0.15) is 62.8 Å². The van der Waals surface area contributed by atoms with Crippen LogP contribution in [0.3, 0.4) is 0 Å². The molecule has 2 nitrogen and oxygen atoms in total. The number of piperidine rings is 1. The molecule has 0 amide bonds. The van der Waals surface area contributed by atoms with Crippen LogP contribution in [0.5, 0.6) is 0 Å². The Balaban J connectivity index is 2.29. The maximum atomic E-state index is 3.74. The van der Waals surface area contributed by atoms with Crippen molar-refractivity contribution in [1.29, 1.82) is 0 Å². The van der Waals surface area contributed by atoms with Gasteiger partial charge >= 0.3 is 0 Å². The Morgan fingerprint density at radius 2 is 1.76 bits per heavy atom. The van der Waals surface area contributed by atoms with E-state index in [9.17, 15) is 0 Å². The third-order valence-corrected chi connectivity index (χ3v) is 5.15. The van der Waals surface area contributed by atoms with Gasteiger partial charge in [0.15, 0.2) is 0 Å². The highest BCUT2D eigenvalue weighted by Crippen LogP contribution is 2.33. The van der Waals surface area contributed by atoms with Crippen LogP contribution in [0.25, 0.3) is 0 Å². The van der Waals surface area contributed by atoms with Crippen molar-refractivity contribution >= 4 is 0 Å². The lowest BCUT2D eigenvalue weighted by Crippen LogP contribution is -2.54. The Kier molecular flexibility index (Phi) is 5.45. The third kappa shape index (κ3) is 3.67. The summed E-state index contributed by atoms with van der Waals surface area (Å²) in [5, 5.41) is 3.74. The van der Waals surface area contributed by atoms with Crippen LogP contribution in [0.15, 0.2) is 18.2 Å². The largest absolute Gasteiger partial charge is 0.309 e. The molecule has 1 fully saturated rings. The van der Waals surface area contributed by atoms with E-state index in [1.807, 2.05) is 0 Å². The number of likely N-dealkylation sites (tertiary alicyclic amines) is 1. The van der Waals surface area contributed by atoms with Crippen LogP contribution < -0.4 is 5.32 Å². The summed E-state index contributed by atoms with van der Waals surface area (Å²) < 4.78 is 0. The Labute approximate surface area is 130 Å². The number of nitrogens with one attached hydrogen (secondary N) is 1. The Bertz CT molecular complexity index is 459. The molecule has 1 heterocycles. The number of benzene rings is 1. The van der Waals surface area contributed by atoms with Crippen LogP contribution in [-0.4, -0.2) is 30.1 Å². The maximum Gasteiger partial charge on any atom is 0.0501 e. The predicted octanol–water partition coefficient (Wildman–Crippen LogP) is 4.22. The van der Waals surface area contributed by atoms with Crippen molar-refractivity contribution in [2.45, 2.75) is 65.5 Å². The molecular formula is C19H32N2. The fourth-order valence-corrected chi connectivity index (χ4v) is 3.58. The van der Waals surface area contributed by atoms with Gasteiger partial charge in [-0.15, -0.1) is 0 Å². The zero-order chi connectivity index (χ0) is 15.5. The fraction of sp³-hybridized carbons (Fsp3) is 0.684. The molecule has 0 aliphatic carbocycles. The summed E-state index contributed by atoms with van der Waals surface area (Å²) in [5.41, 5.74) is 4.35. The van der Waals surface area contributed by atoms with Crippen molar-refractivity contribution in [3.63, 3.8) is 0 Å². The van der Waals surface area contributed by atoms with Gasteiger partial charge in [-0.2, -0.15) is 0 Å². The van der Waals surface area contributed by atoms with Crippen LogP contribution >= 0.6 is 0 Å². The quantitative estimate of drug-likeness (QED) is 0.872. The molecule has 1 aliphatic rings. The number of hydrogen-bond donors (Lipinski definition) is 1. The minimum absolute atomic E-state index is 0.151. The summed E-state index contributed by atoms with van der Waals surface area (Å²) in [6.07, 6.45) is 4.08. The van der Waals surface area contributed by atoms with Gasteiger partial charge in [-0.3, -0.25) is 4.90 Å². The highest BCUT2D eigenvalue weighted by atomic mass is 15.2. The van der Waals surface area contributed by atoms with Crippen LogP contribution in [0.2, 0.25) is 0 Å². The van der Waals surface area contributed by atoms with Crippen molar-refractivity contribution < 1.29 is 0 Å². The zero-order valence-electron chi connectivity index (χ0n) is 14.5. The third-order valence-electron chi connectivity index (χ3n) is 5.15. The predicted molar refractivity (Wildman–Crippen MR) is 91.8 cm³/mol. The molecule has 0 saturated carbocycles. The Hall–Kier alpha value is -0.860. The summed E-state index contributed by atoms with van der Waals surface area (Å²) in [4.78, 5) is 2.68. The maximum absolute atomic E-state index is 3.74. The van der Waals surface area contributed by atoms with Gasteiger partial charge in [0.25, 0.3) is 0 Å². The number of hydrogen-bond acceptors (Lipinski definition) is 2. The molecule has 0 spiro atoms. The van der Waals surface area contributed by atoms with E-state index >= 15 is 0 Å². The standard InChI is InChI=1S/C19H32N2/c1-6-20-18(17-11-10-15(2)16(3)14-17)19(4,5)21-12-8-7-9-13-21/h10-11,14,18,20H,6-9,12-13H2,1-5H3. The van der Waals surface area contributed by atoms with E-state index in [4.69, 9.17) is 0 Å². The van der Waals surface area contributed by atoms with Gasteiger partial charge in [0, 0.05) is 5.54 Å². The topological polar surface area (TPSA) is 15.3 Å². The minimum atomic E-state index is 0.151. The van der Waals surface area contributed by atoms with Crippen molar-refractivity contribution in [2.75, 3.05) is 19.6 Å². The second-order valence-corrected chi connectivity index (χ2v) is 7.04. The van der Waals surface area contributed by atoms with Gasteiger partial charge in [0.2, 0.25) is 0 Å². The average molecular weight is 288 g/mol. The van der Waals surface area contributed by atoms with Crippen molar-refractivity contribution in [3.05, 3.63) is 34.9 Å². The first-order chi connectivity index (χ1) is 9.96. The van der Waals surface area contributed by atoms with Gasteiger partial charge in [-0.1, -0.05) is 31.5 Å². The van der Waals surface area contributed by atoms with Crippen LogP contribution in [0.4, 0.5) is 0 Å². The van der Waals surface area contributed by atoms with Crippen LogP contribution in [-0.2, 0) is 0 Å². The average Bonchev–Trinajstić information content (AvgIpc) is 2.48. The molecule has 0 radical (unpaired) electrons. The van der Waals surface area contributed by atoms with Gasteiger partial charge in [-0.25, -0.2) is 0 Å².